The summed E-state index contributed by atoms with van der Waals surface area (Å²) in [6, 6.07) is 6.14. The monoisotopic (exact) mass is 280 g/mol. The number of aryl methyl sites for hydroxylation is 1. The molecule has 0 bridgehead atoms. The molecule has 0 unspecified atom stereocenters. The first-order valence-corrected chi connectivity index (χ1v) is 5.60. The number of aromatic nitrogens is 2. The quantitative estimate of drug-likeness (QED) is 0.687. The van der Waals surface area contributed by atoms with E-state index in [1.54, 1.807) is 12.1 Å². The summed E-state index contributed by atoms with van der Waals surface area (Å²) in [4.78, 5) is 22.9. The maximum atomic E-state index is 11.9. The molecule has 1 aromatic heterocycles. The first kappa shape index (κ1) is 13.1. The molecule has 1 aromatic carbocycles. The molecule has 7 heteroatoms. The van der Waals surface area contributed by atoms with Crippen molar-refractivity contribution in [1.29, 1.82) is 0 Å². The van der Waals surface area contributed by atoms with E-state index < -0.39 is 11.9 Å². The summed E-state index contributed by atoms with van der Waals surface area (Å²) < 4.78 is 6.22. The van der Waals surface area contributed by atoms with E-state index in [4.69, 9.17) is 21.4 Å². The number of ether oxygens (including phenoxy) is 1. The van der Waals surface area contributed by atoms with E-state index in [1.165, 1.54) is 19.2 Å². The van der Waals surface area contributed by atoms with E-state index in [0.29, 0.717) is 5.02 Å². The second-order valence-electron chi connectivity index (χ2n) is 3.68. The van der Waals surface area contributed by atoms with Gasteiger partial charge in [-0.25, -0.2) is 9.59 Å². The molecule has 98 valence electrons. The molecule has 0 saturated heterocycles. The Hall–Kier alpha value is -2.34. The molecule has 0 radical (unpaired) electrons. The molecule has 0 aliphatic heterocycles. The van der Waals surface area contributed by atoms with Gasteiger partial charge in [0.15, 0.2) is 5.69 Å². The maximum absolute atomic E-state index is 11.9. The number of carbonyl (C=O) groups excluding carboxylic acids is 1. The van der Waals surface area contributed by atoms with Gasteiger partial charge in [0, 0.05) is 12.1 Å². The highest BCUT2D eigenvalue weighted by Gasteiger charge is 2.23. The van der Waals surface area contributed by atoms with Gasteiger partial charge in [0.1, 0.15) is 11.3 Å². The van der Waals surface area contributed by atoms with Crippen molar-refractivity contribution in [3.63, 3.8) is 0 Å². The topological polar surface area (TPSA) is 81.4 Å². The third kappa shape index (κ3) is 2.74. The molecule has 6 nitrogen and oxygen atoms in total. The third-order valence-corrected chi connectivity index (χ3v) is 2.64. The minimum absolute atomic E-state index is 0.123. The van der Waals surface area contributed by atoms with Crippen LogP contribution in [0.4, 0.5) is 0 Å². The second kappa shape index (κ2) is 5.11. The van der Waals surface area contributed by atoms with Gasteiger partial charge in [-0.15, -0.1) is 0 Å². The van der Waals surface area contributed by atoms with E-state index in [9.17, 15) is 9.59 Å². The molecular formula is C12H9ClN2O4. The van der Waals surface area contributed by atoms with Crippen molar-refractivity contribution in [2.45, 2.75) is 0 Å². The summed E-state index contributed by atoms with van der Waals surface area (Å²) in [6.45, 7) is 0. The number of halogens is 1. The number of carboxylic acids is 1. The lowest BCUT2D eigenvalue weighted by Crippen LogP contribution is -2.17. The van der Waals surface area contributed by atoms with E-state index in [0.717, 1.165) is 10.9 Å². The van der Waals surface area contributed by atoms with Crippen LogP contribution in [-0.2, 0) is 7.05 Å². The van der Waals surface area contributed by atoms with Crippen LogP contribution in [0.2, 0.25) is 5.02 Å². The van der Waals surface area contributed by atoms with Crippen LogP contribution in [0.5, 0.6) is 5.75 Å². The molecule has 0 aliphatic carbocycles. The number of carboxylic acid groups (broad SMARTS) is 1. The van der Waals surface area contributed by atoms with Crippen LogP contribution in [0.15, 0.2) is 30.5 Å². The van der Waals surface area contributed by atoms with Gasteiger partial charge in [-0.1, -0.05) is 11.6 Å². The maximum Gasteiger partial charge on any atom is 0.362 e. The van der Waals surface area contributed by atoms with Crippen molar-refractivity contribution in [2.24, 2.45) is 7.05 Å². The highest BCUT2D eigenvalue weighted by Crippen LogP contribution is 2.18. The Balaban J connectivity index is 2.27. The number of rotatable bonds is 3. The molecule has 1 heterocycles. The molecule has 0 amide bonds. The molecule has 0 aliphatic rings. The zero-order chi connectivity index (χ0) is 14.0. The fraction of sp³-hybridized carbons (Fsp3) is 0.0833. The normalized spacial score (nSPS) is 10.2. The largest absolute Gasteiger partial charge is 0.478 e. The van der Waals surface area contributed by atoms with Crippen molar-refractivity contribution < 1.29 is 19.4 Å². The van der Waals surface area contributed by atoms with Gasteiger partial charge in [-0.2, -0.15) is 5.10 Å². The van der Waals surface area contributed by atoms with Crippen molar-refractivity contribution >= 4 is 23.5 Å². The van der Waals surface area contributed by atoms with Gasteiger partial charge in [0.05, 0.1) is 6.20 Å². The summed E-state index contributed by atoms with van der Waals surface area (Å²) in [7, 11) is 1.46. The minimum atomic E-state index is -1.24. The van der Waals surface area contributed by atoms with Crippen LogP contribution in [0, 0.1) is 0 Å². The minimum Gasteiger partial charge on any atom is -0.478 e. The summed E-state index contributed by atoms with van der Waals surface area (Å²) >= 11 is 5.71. The van der Waals surface area contributed by atoms with Gasteiger partial charge in [0.2, 0.25) is 0 Å². The van der Waals surface area contributed by atoms with Crippen LogP contribution in [-0.4, -0.2) is 26.8 Å². The first-order chi connectivity index (χ1) is 8.99. The average molecular weight is 281 g/mol. The molecule has 19 heavy (non-hydrogen) atoms. The predicted octanol–water partition coefficient (Wildman–Crippen LogP) is 1.99. The van der Waals surface area contributed by atoms with Gasteiger partial charge in [-0.05, 0) is 24.3 Å². The van der Waals surface area contributed by atoms with Crippen molar-refractivity contribution in [3.8, 4) is 5.75 Å². The molecular weight excluding hydrogens is 272 g/mol. The Morgan fingerprint density at radius 3 is 2.53 bits per heavy atom. The Morgan fingerprint density at radius 2 is 1.95 bits per heavy atom. The summed E-state index contributed by atoms with van der Waals surface area (Å²) in [6.07, 6.45) is 1.10. The molecule has 0 fully saturated rings. The Morgan fingerprint density at radius 1 is 1.32 bits per heavy atom. The van der Waals surface area contributed by atoms with E-state index >= 15 is 0 Å². The van der Waals surface area contributed by atoms with E-state index in [2.05, 4.69) is 5.10 Å². The van der Waals surface area contributed by atoms with Gasteiger partial charge in [-0.3, -0.25) is 4.68 Å². The lowest BCUT2D eigenvalue weighted by molar-refractivity contribution is 0.0663. The van der Waals surface area contributed by atoms with E-state index in [-0.39, 0.29) is 17.0 Å². The first-order valence-electron chi connectivity index (χ1n) is 5.22. The number of esters is 1. The standard InChI is InChI=1S/C12H9ClN2O4/c1-15-10(9(6-14-15)11(16)17)12(18)19-8-4-2-7(13)3-5-8/h2-6H,1H3,(H,16,17). The fourth-order valence-corrected chi connectivity index (χ4v) is 1.62. The van der Waals surface area contributed by atoms with Gasteiger partial charge >= 0.3 is 11.9 Å². The zero-order valence-corrected chi connectivity index (χ0v) is 10.6. The van der Waals surface area contributed by atoms with Gasteiger partial charge in [0.25, 0.3) is 0 Å². The number of carbonyl (C=O) groups is 2. The van der Waals surface area contributed by atoms with Crippen LogP contribution < -0.4 is 4.74 Å². The molecule has 2 aromatic rings. The van der Waals surface area contributed by atoms with Crippen molar-refractivity contribution in [2.75, 3.05) is 0 Å². The number of hydrogen-bond donors (Lipinski definition) is 1. The Bertz CT molecular complexity index is 634. The summed E-state index contributed by atoms with van der Waals surface area (Å²) in [5.74, 6) is -1.76. The van der Waals surface area contributed by atoms with Crippen LogP contribution >= 0.6 is 11.6 Å². The Kier molecular flexibility index (Phi) is 3.52. The smallest absolute Gasteiger partial charge is 0.362 e. The predicted molar refractivity (Wildman–Crippen MR) is 66.6 cm³/mol. The number of aromatic carboxylic acids is 1. The molecule has 0 saturated carbocycles. The highest BCUT2D eigenvalue weighted by atomic mass is 35.5. The van der Waals surface area contributed by atoms with Crippen LogP contribution in [0.3, 0.4) is 0 Å². The van der Waals surface area contributed by atoms with E-state index in [1.807, 2.05) is 0 Å². The lowest BCUT2D eigenvalue weighted by atomic mass is 10.2. The molecule has 2 rings (SSSR count). The second-order valence-corrected chi connectivity index (χ2v) is 4.12. The molecule has 0 spiro atoms. The van der Waals surface area contributed by atoms with Gasteiger partial charge < -0.3 is 9.84 Å². The molecule has 1 N–H and O–H groups in total. The number of benzene rings is 1. The highest BCUT2D eigenvalue weighted by molar-refractivity contribution is 6.30. The molecule has 0 atom stereocenters. The SMILES string of the molecule is Cn1ncc(C(=O)O)c1C(=O)Oc1ccc(Cl)cc1. The fourth-order valence-electron chi connectivity index (χ4n) is 1.49. The third-order valence-electron chi connectivity index (χ3n) is 2.39. The van der Waals surface area contributed by atoms with Crippen molar-refractivity contribution in [1.82, 2.24) is 9.78 Å². The number of hydrogen-bond acceptors (Lipinski definition) is 4. The summed E-state index contributed by atoms with van der Waals surface area (Å²) in [5, 5.41) is 13.2. The Labute approximate surface area is 113 Å². The van der Waals surface area contributed by atoms with Crippen molar-refractivity contribution in [3.05, 3.63) is 46.7 Å². The average Bonchev–Trinajstić information content (AvgIpc) is 2.74. The van der Waals surface area contributed by atoms with Crippen LogP contribution in [0.25, 0.3) is 0 Å². The summed E-state index contributed by atoms with van der Waals surface area (Å²) in [5.41, 5.74) is -0.330. The zero-order valence-electron chi connectivity index (χ0n) is 9.83. The lowest BCUT2D eigenvalue weighted by Gasteiger charge is -2.05. The number of nitrogens with zero attached hydrogens (tertiary/aromatic N) is 2. The van der Waals surface area contributed by atoms with Crippen LogP contribution in [0.1, 0.15) is 20.8 Å².